The van der Waals surface area contributed by atoms with Gasteiger partial charge >= 0.3 is 0 Å². The molecule has 0 unspecified atom stereocenters. The number of thiophene rings is 1. The fourth-order valence-electron chi connectivity index (χ4n) is 7.66. The average molecular weight is 592 g/mol. The van der Waals surface area contributed by atoms with Crippen molar-refractivity contribution in [3.63, 3.8) is 0 Å². The molecule has 0 atom stereocenters. The zero-order chi connectivity index (χ0) is 30.4. The minimum atomic E-state index is -0.0558. The summed E-state index contributed by atoms with van der Waals surface area (Å²) in [6.45, 7) is 4.63. The zero-order valence-electron chi connectivity index (χ0n) is 24.8. The molecular formula is C41H25N3S. The van der Waals surface area contributed by atoms with Gasteiger partial charge in [0.05, 0.1) is 34.3 Å². The lowest BCUT2D eigenvalue weighted by Gasteiger charge is -2.21. The van der Waals surface area contributed by atoms with E-state index in [1.165, 1.54) is 32.3 Å². The zero-order valence-corrected chi connectivity index (χ0v) is 25.6. The van der Waals surface area contributed by atoms with Crippen LogP contribution in [0.25, 0.3) is 65.1 Å². The van der Waals surface area contributed by atoms with Crippen LogP contribution in [0, 0.1) is 34.8 Å². The molecule has 0 radical (unpaired) electrons. The molecule has 0 amide bonds. The molecule has 0 saturated carbocycles. The van der Waals surface area contributed by atoms with Crippen molar-refractivity contribution in [3.8, 4) is 40.1 Å². The first kappa shape index (κ1) is 25.9. The molecule has 0 saturated heterocycles. The van der Waals surface area contributed by atoms with Crippen LogP contribution < -0.4 is 0 Å². The summed E-state index contributed by atoms with van der Waals surface area (Å²) in [5.41, 5.74) is 12.7. The highest BCUT2D eigenvalue weighted by molar-refractivity contribution is 7.25. The van der Waals surface area contributed by atoms with Gasteiger partial charge in [0.15, 0.2) is 0 Å². The first-order valence-electron chi connectivity index (χ1n) is 15.2. The highest BCUT2D eigenvalue weighted by atomic mass is 32.1. The van der Waals surface area contributed by atoms with Crippen molar-refractivity contribution in [2.24, 2.45) is 0 Å². The van der Waals surface area contributed by atoms with Crippen molar-refractivity contribution in [1.29, 1.82) is 10.5 Å². The summed E-state index contributed by atoms with van der Waals surface area (Å²) in [4.78, 5) is 0. The van der Waals surface area contributed by atoms with Crippen molar-refractivity contribution >= 4 is 48.5 Å². The second-order valence-corrected chi connectivity index (χ2v) is 13.6. The number of nitriles is 2. The lowest BCUT2D eigenvalue weighted by Crippen LogP contribution is -2.14. The fourth-order valence-corrected chi connectivity index (χ4v) is 8.79. The van der Waals surface area contributed by atoms with Crippen LogP contribution in [0.4, 0.5) is 0 Å². The molecule has 2 aliphatic rings. The second kappa shape index (κ2) is 9.20. The Morgan fingerprint density at radius 2 is 1.62 bits per heavy atom. The Kier molecular flexibility index (Phi) is 5.29. The van der Waals surface area contributed by atoms with Gasteiger partial charge in [0.1, 0.15) is 0 Å². The highest BCUT2D eigenvalue weighted by Gasteiger charge is 2.35. The van der Waals surface area contributed by atoms with Crippen molar-refractivity contribution in [3.05, 3.63) is 131 Å². The highest BCUT2D eigenvalue weighted by Crippen LogP contribution is 2.51. The number of para-hydroxylation sites is 1. The molecule has 9 rings (SSSR count). The van der Waals surface area contributed by atoms with Crippen LogP contribution >= 0.6 is 11.3 Å². The minimum absolute atomic E-state index is 0.0558. The van der Waals surface area contributed by atoms with Gasteiger partial charge in [0, 0.05) is 53.5 Å². The summed E-state index contributed by atoms with van der Waals surface area (Å²) in [5.74, 6) is 0. The van der Waals surface area contributed by atoms with Gasteiger partial charge in [-0.3, -0.25) is 0 Å². The molecule has 0 fully saturated rings. The van der Waals surface area contributed by atoms with E-state index >= 15 is 0 Å². The van der Waals surface area contributed by atoms with Gasteiger partial charge in [-0.05, 0) is 77.6 Å². The molecule has 0 N–H and O–H groups in total. The van der Waals surface area contributed by atoms with Gasteiger partial charge < -0.3 is 4.57 Å². The molecule has 4 heteroatoms. The largest absolute Gasteiger partial charge is 0.312 e. The molecule has 7 aromatic rings. The Morgan fingerprint density at radius 1 is 0.778 bits per heavy atom. The van der Waals surface area contributed by atoms with E-state index in [-0.39, 0.29) is 5.41 Å². The van der Waals surface area contributed by atoms with Crippen LogP contribution in [-0.4, -0.2) is 4.57 Å². The van der Waals surface area contributed by atoms with Crippen LogP contribution in [0.5, 0.6) is 0 Å². The van der Waals surface area contributed by atoms with Gasteiger partial charge in [-0.25, -0.2) is 0 Å². The topological polar surface area (TPSA) is 52.5 Å². The second-order valence-electron chi connectivity index (χ2n) is 12.5. The number of hydrogen-bond acceptors (Lipinski definition) is 3. The maximum Gasteiger partial charge on any atom is 0.0999 e. The Bertz CT molecular complexity index is 2540. The predicted octanol–water partition coefficient (Wildman–Crippen LogP) is 10.3. The third kappa shape index (κ3) is 3.51. The Labute approximate surface area is 265 Å². The molecule has 2 heterocycles. The van der Waals surface area contributed by atoms with Crippen molar-refractivity contribution in [1.82, 2.24) is 4.57 Å². The van der Waals surface area contributed by atoms with E-state index in [4.69, 9.17) is 0 Å². The number of allylic oxidation sites excluding steroid dienone is 1. The average Bonchev–Trinajstić information content (AvgIpc) is 3.68. The SMILES string of the molecule is CC1(C)c2ccccc2-c2cc3c(cc21)sc1cc(-c2c(C#N)cccc2-n2c4c(c5ccccc52)C=C(C#N)CC4)c#cc13. The van der Waals surface area contributed by atoms with Gasteiger partial charge in [-0.1, -0.05) is 74.5 Å². The Balaban J connectivity index is 1.27. The Morgan fingerprint density at radius 3 is 2.49 bits per heavy atom. The fraction of sp³-hybridized carbons (Fsp3) is 0.122. The van der Waals surface area contributed by atoms with Crippen LogP contribution in [-0.2, 0) is 11.8 Å². The first-order valence-corrected chi connectivity index (χ1v) is 16.0. The summed E-state index contributed by atoms with van der Waals surface area (Å²) in [6.07, 6.45) is 3.49. The molecular weight excluding hydrogens is 567 g/mol. The maximum absolute atomic E-state index is 10.3. The summed E-state index contributed by atoms with van der Waals surface area (Å²) in [6, 6.07) is 41.8. The summed E-state index contributed by atoms with van der Waals surface area (Å²) >= 11 is 1.78. The number of aromatic nitrogens is 1. The number of nitrogens with zero attached hydrogens (tertiary/aromatic N) is 3. The van der Waals surface area contributed by atoms with Crippen LogP contribution in [0.1, 0.15) is 48.2 Å². The number of benzene rings is 4. The molecule has 3 nitrogen and oxygen atoms in total. The van der Waals surface area contributed by atoms with Gasteiger partial charge in [-0.15, -0.1) is 11.3 Å². The monoisotopic (exact) mass is 591 g/mol. The maximum atomic E-state index is 10.3. The third-order valence-corrected chi connectivity index (χ3v) is 10.9. The standard InChI is InChI=1S/C41H25N3S/c1-41(2)33-11-5-3-9-27(33)30-20-32-29-16-15-25(19-38(29)45-39(32)21-34(30)41)40-26(23-43)8-7-13-37(40)44-35-12-6-4-10-28(35)31-18-24(22-42)14-17-36(31)44/h3-13,18-21H,14,17H2,1-2H3. The van der Waals surface area contributed by atoms with Crippen LogP contribution in [0.2, 0.25) is 0 Å². The van der Waals surface area contributed by atoms with E-state index in [1.807, 2.05) is 30.3 Å². The van der Waals surface area contributed by atoms with Gasteiger partial charge in [-0.2, -0.15) is 10.5 Å². The van der Waals surface area contributed by atoms with Crippen molar-refractivity contribution < 1.29 is 0 Å². The third-order valence-electron chi connectivity index (χ3n) is 9.80. The lowest BCUT2D eigenvalue weighted by molar-refractivity contribution is 0.661. The van der Waals surface area contributed by atoms with Gasteiger partial charge in [0.2, 0.25) is 0 Å². The van der Waals surface area contributed by atoms with Crippen LogP contribution in [0.15, 0.2) is 90.5 Å². The number of rotatable bonds is 2. The minimum Gasteiger partial charge on any atom is -0.312 e. The lowest BCUT2D eigenvalue weighted by atomic mass is 9.82. The Hall–Kier alpha value is -5.60. The van der Waals surface area contributed by atoms with E-state index in [9.17, 15) is 10.5 Å². The van der Waals surface area contributed by atoms with Gasteiger partial charge in [0.25, 0.3) is 0 Å². The van der Waals surface area contributed by atoms with Crippen molar-refractivity contribution in [2.45, 2.75) is 32.1 Å². The van der Waals surface area contributed by atoms with E-state index in [2.05, 4.69) is 103 Å². The molecule has 0 aliphatic heterocycles. The summed E-state index contributed by atoms with van der Waals surface area (Å²) in [5, 5.41) is 23.4. The number of hydrogen-bond donors (Lipinski definition) is 0. The number of fused-ring (bicyclic) bond motifs is 9. The summed E-state index contributed by atoms with van der Waals surface area (Å²) < 4.78 is 4.66. The normalized spacial score (nSPS) is 14.4. The first-order chi connectivity index (χ1) is 22.0. The van der Waals surface area contributed by atoms with E-state index in [1.54, 1.807) is 11.3 Å². The molecule has 45 heavy (non-hydrogen) atoms. The van der Waals surface area contributed by atoms with Crippen LogP contribution in [0.3, 0.4) is 0 Å². The van der Waals surface area contributed by atoms with Crippen molar-refractivity contribution in [2.75, 3.05) is 0 Å². The van der Waals surface area contributed by atoms with E-state index in [0.29, 0.717) is 12.0 Å². The van der Waals surface area contributed by atoms with E-state index in [0.717, 1.165) is 61.1 Å². The van der Waals surface area contributed by atoms with E-state index < -0.39 is 0 Å². The molecule has 0 spiro atoms. The molecule has 210 valence electrons. The molecule has 5 aromatic carbocycles. The smallest absolute Gasteiger partial charge is 0.0999 e. The molecule has 2 aromatic heterocycles. The molecule has 0 bridgehead atoms. The molecule has 2 aliphatic carbocycles. The quantitative estimate of drug-likeness (QED) is 0.201. The summed E-state index contributed by atoms with van der Waals surface area (Å²) in [7, 11) is 0. The predicted molar refractivity (Wildman–Crippen MR) is 183 cm³/mol.